The number of amides is 2. The molecule has 0 spiro atoms. The molecule has 0 bridgehead atoms. The third-order valence-electron chi connectivity index (χ3n) is 4.40. The summed E-state index contributed by atoms with van der Waals surface area (Å²) >= 11 is 0. The number of hydrogen-bond donors (Lipinski definition) is 2. The lowest BCUT2D eigenvalue weighted by Gasteiger charge is -2.09. The molecule has 27 heavy (non-hydrogen) atoms. The molecule has 5 heteroatoms. The predicted octanol–water partition coefficient (Wildman–Crippen LogP) is 3.76. The molecule has 0 atom stereocenters. The SMILES string of the molecule is O=C(Nc1ccc2c(c1)C(=O)NC2)c1cccc(OCc2ccccc2)c1. The van der Waals surface area contributed by atoms with E-state index < -0.39 is 0 Å². The first-order valence-corrected chi connectivity index (χ1v) is 8.68. The number of carbonyl (C=O) groups is 2. The molecule has 0 radical (unpaired) electrons. The first-order chi connectivity index (χ1) is 13.2. The van der Waals surface area contributed by atoms with Gasteiger partial charge < -0.3 is 15.4 Å². The van der Waals surface area contributed by atoms with Crippen LogP contribution in [0, 0.1) is 0 Å². The molecule has 0 fully saturated rings. The lowest BCUT2D eigenvalue weighted by atomic mass is 10.1. The van der Waals surface area contributed by atoms with E-state index in [1.54, 1.807) is 30.3 Å². The number of nitrogens with one attached hydrogen (secondary N) is 2. The molecule has 1 heterocycles. The summed E-state index contributed by atoms with van der Waals surface area (Å²) in [5, 5.41) is 5.60. The third-order valence-corrected chi connectivity index (χ3v) is 4.40. The normalized spacial score (nSPS) is 12.2. The fourth-order valence-corrected chi connectivity index (χ4v) is 2.96. The molecular weight excluding hydrogens is 340 g/mol. The summed E-state index contributed by atoms with van der Waals surface area (Å²) < 4.78 is 5.77. The van der Waals surface area contributed by atoms with Crippen molar-refractivity contribution >= 4 is 17.5 Å². The van der Waals surface area contributed by atoms with Gasteiger partial charge in [-0.15, -0.1) is 0 Å². The lowest BCUT2D eigenvalue weighted by molar-refractivity contribution is 0.0964. The molecule has 2 N–H and O–H groups in total. The van der Waals surface area contributed by atoms with Gasteiger partial charge >= 0.3 is 0 Å². The summed E-state index contributed by atoms with van der Waals surface area (Å²) in [5.41, 5.74) is 3.68. The monoisotopic (exact) mass is 358 g/mol. The smallest absolute Gasteiger partial charge is 0.255 e. The fourth-order valence-electron chi connectivity index (χ4n) is 2.96. The van der Waals surface area contributed by atoms with Crippen LogP contribution in [0.4, 0.5) is 5.69 Å². The van der Waals surface area contributed by atoms with Crippen LogP contribution in [-0.2, 0) is 13.2 Å². The van der Waals surface area contributed by atoms with Gasteiger partial charge in [-0.25, -0.2) is 0 Å². The molecule has 0 unspecified atom stereocenters. The van der Waals surface area contributed by atoms with Crippen molar-refractivity contribution in [2.24, 2.45) is 0 Å². The first kappa shape index (κ1) is 16.8. The average molecular weight is 358 g/mol. The van der Waals surface area contributed by atoms with Crippen LogP contribution in [0.3, 0.4) is 0 Å². The zero-order valence-electron chi connectivity index (χ0n) is 14.6. The van der Waals surface area contributed by atoms with Crippen molar-refractivity contribution in [3.05, 3.63) is 95.1 Å². The van der Waals surface area contributed by atoms with E-state index in [0.717, 1.165) is 11.1 Å². The summed E-state index contributed by atoms with van der Waals surface area (Å²) in [7, 11) is 0. The van der Waals surface area contributed by atoms with Crippen molar-refractivity contribution in [1.82, 2.24) is 5.32 Å². The maximum atomic E-state index is 12.6. The van der Waals surface area contributed by atoms with Crippen LogP contribution in [0.25, 0.3) is 0 Å². The minimum absolute atomic E-state index is 0.114. The minimum atomic E-state index is -0.251. The second-order valence-electron chi connectivity index (χ2n) is 6.31. The van der Waals surface area contributed by atoms with Crippen LogP contribution < -0.4 is 15.4 Å². The number of benzene rings is 3. The van der Waals surface area contributed by atoms with Crippen molar-refractivity contribution in [2.75, 3.05) is 5.32 Å². The Kier molecular flexibility index (Phi) is 4.58. The number of fused-ring (bicyclic) bond motifs is 1. The van der Waals surface area contributed by atoms with Crippen molar-refractivity contribution in [1.29, 1.82) is 0 Å². The molecular formula is C22H18N2O3. The van der Waals surface area contributed by atoms with Crippen molar-refractivity contribution in [2.45, 2.75) is 13.2 Å². The Hall–Kier alpha value is -3.60. The second kappa shape index (κ2) is 7.33. The van der Waals surface area contributed by atoms with E-state index in [2.05, 4.69) is 10.6 Å². The van der Waals surface area contributed by atoms with Gasteiger partial charge in [0.05, 0.1) is 0 Å². The molecule has 4 rings (SSSR count). The summed E-state index contributed by atoms with van der Waals surface area (Å²) in [4.78, 5) is 24.3. The number of ether oxygens (including phenoxy) is 1. The number of carbonyl (C=O) groups excluding carboxylic acids is 2. The molecule has 0 aromatic heterocycles. The quantitative estimate of drug-likeness (QED) is 0.730. The van der Waals surface area contributed by atoms with Gasteiger partial charge in [0.1, 0.15) is 12.4 Å². The van der Waals surface area contributed by atoms with E-state index in [4.69, 9.17) is 4.74 Å². The highest BCUT2D eigenvalue weighted by Gasteiger charge is 2.19. The van der Waals surface area contributed by atoms with Crippen LogP contribution in [0.5, 0.6) is 5.75 Å². The number of hydrogen-bond acceptors (Lipinski definition) is 3. The van der Waals surface area contributed by atoms with E-state index in [0.29, 0.717) is 35.7 Å². The Labute approximate surface area is 157 Å². The zero-order valence-corrected chi connectivity index (χ0v) is 14.6. The Morgan fingerprint density at radius 3 is 2.70 bits per heavy atom. The predicted molar refractivity (Wildman–Crippen MR) is 103 cm³/mol. The van der Waals surface area contributed by atoms with Crippen LogP contribution in [0.15, 0.2) is 72.8 Å². The van der Waals surface area contributed by atoms with Gasteiger partial charge in [0.25, 0.3) is 11.8 Å². The topological polar surface area (TPSA) is 67.4 Å². The van der Waals surface area contributed by atoms with Gasteiger partial charge in [0.15, 0.2) is 0 Å². The molecule has 3 aromatic rings. The summed E-state index contributed by atoms with van der Waals surface area (Å²) in [6.45, 7) is 0.967. The highest BCUT2D eigenvalue weighted by atomic mass is 16.5. The van der Waals surface area contributed by atoms with Crippen molar-refractivity contribution < 1.29 is 14.3 Å². The Morgan fingerprint density at radius 1 is 1.00 bits per heavy atom. The average Bonchev–Trinajstić information content (AvgIpc) is 3.08. The summed E-state index contributed by atoms with van der Waals surface area (Å²) in [5.74, 6) is 0.260. The first-order valence-electron chi connectivity index (χ1n) is 8.68. The summed E-state index contributed by atoms with van der Waals surface area (Å²) in [6, 6.07) is 22.2. The Bertz CT molecular complexity index is 999. The number of anilines is 1. The van der Waals surface area contributed by atoms with Crippen LogP contribution in [0.1, 0.15) is 31.8 Å². The van der Waals surface area contributed by atoms with E-state index in [9.17, 15) is 9.59 Å². The van der Waals surface area contributed by atoms with Gasteiger partial charge in [0.2, 0.25) is 0 Å². The standard InChI is InChI=1S/C22H18N2O3/c25-21(24-18-10-9-17-13-23-22(26)20(17)12-18)16-7-4-8-19(11-16)27-14-15-5-2-1-3-6-15/h1-12H,13-14H2,(H,23,26)(H,24,25). The zero-order chi connectivity index (χ0) is 18.6. The Morgan fingerprint density at radius 2 is 1.85 bits per heavy atom. The molecule has 1 aliphatic rings. The maximum Gasteiger partial charge on any atom is 0.255 e. The van der Waals surface area contributed by atoms with Gasteiger partial charge in [-0.05, 0) is 41.5 Å². The molecule has 2 amide bonds. The highest BCUT2D eigenvalue weighted by molar-refractivity contribution is 6.06. The van der Waals surface area contributed by atoms with Crippen LogP contribution in [-0.4, -0.2) is 11.8 Å². The van der Waals surface area contributed by atoms with E-state index >= 15 is 0 Å². The molecule has 0 saturated carbocycles. The third kappa shape index (κ3) is 3.82. The van der Waals surface area contributed by atoms with Gasteiger partial charge in [-0.1, -0.05) is 42.5 Å². The van der Waals surface area contributed by atoms with Gasteiger partial charge in [-0.3, -0.25) is 9.59 Å². The Balaban J connectivity index is 1.45. The van der Waals surface area contributed by atoms with E-state index in [1.807, 2.05) is 42.5 Å². The summed E-state index contributed by atoms with van der Waals surface area (Å²) in [6.07, 6.45) is 0. The molecule has 0 saturated heterocycles. The molecule has 1 aliphatic heterocycles. The number of rotatable bonds is 5. The van der Waals surface area contributed by atoms with Crippen LogP contribution >= 0.6 is 0 Å². The highest BCUT2D eigenvalue weighted by Crippen LogP contribution is 2.21. The molecule has 3 aromatic carbocycles. The van der Waals surface area contributed by atoms with Crippen LogP contribution in [0.2, 0.25) is 0 Å². The molecule has 0 aliphatic carbocycles. The van der Waals surface area contributed by atoms with Gasteiger partial charge in [-0.2, -0.15) is 0 Å². The van der Waals surface area contributed by atoms with E-state index in [1.165, 1.54) is 0 Å². The molecule has 5 nitrogen and oxygen atoms in total. The largest absolute Gasteiger partial charge is 0.489 e. The lowest BCUT2D eigenvalue weighted by Crippen LogP contribution is -2.14. The minimum Gasteiger partial charge on any atom is -0.489 e. The van der Waals surface area contributed by atoms with E-state index in [-0.39, 0.29) is 11.8 Å². The second-order valence-corrected chi connectivity index (χ2v) is 6.31. The fraction of sp³-hybridized carbons (Fsp3) is 0.0909. The maximum absolute atomic E-state index is 12.6. The van der Waals surface area contributed by atoms with Crippen molar-refractivity contribution in [3.8, 4) is 5.75 Å². The molecule has 134 valence electrons. The van der Waals surface area contributed by atoms with Crippen molar-refractivity contribution in [3.63, 3.8) is 0 Å². The van der Waals surface area contributed by atoms with Gasteiger partial charge in [0, 0.05) is 23.4 Å².